The maximum atomic E-state index is 14.0. The minimum absolute atomic E-state index is 0.161. The Bertz CT molecular complexity index is 812. The lowest BCUT2D eigenvalue weighted by atomic mass is 10.0. The van der Waals surface area contributed by atoms with E-state index in [-0.39, 0.29) is 6.04 Å². The fraction of sp³-hybridized carbons (Fsp3) is 0.381. The topological polar surface area (TPSA) is 53.0 Å². The second kappa shape index (κ2) is 8.39. The molecular weight excluding hydrogens is 347 g/mol. The number of hydrogen-bond donors (Lipinski definition) is 1. The summed E-state index contributed by atoms with van der Waals surface area (Å²) in [6.45, 7) is 3.74. The first kappa shape index (κ1) is 19.2. The smallest absolute Gasteiger partial charge is 0.411 e. The Kier molecular flexibility index (Phi) is 5.96. The molecule has 144 valence electrons. The Labute approximate surface area is 159 Å². The van der Waals surface area contributed by atoms with Crippen LogP contribution in [0.3, 0.4) is 0 Å². The van der Waals surface area contributed by atoms with Crippen LogP contribution in [0.2, 0.25) is 0 Å². The number of halogens is 1. The number of nitrogens with zero attached hydrogens (tertiary/aromatic N) is 2. The predicted molar refractivity (Wildman–Crippen MR) is 104 cm³/mol. The largest absolute Gasteiger partial charge is 0.494 e. The number of anilines is 1. The number of likely N-dealkylation sites (N-methyl/N-ethyl adjacent to an activating group) is 1. The van der Waals surface area contributed by atoms with Crippen molar-refractivity contribution in [3.63, 3.8) is 0 Å². The van der Waals surface area contributed by atoms with Gasteiger partial charge in [-0.05, 0) is 69.3 Å². The standard InChI is InChI=1S/C21H25FN2O3/c1-3-27-18-8-4-6-15(12-18)19-13-16(22)9-10-20(19)24(21(25)26)14-17-7-5-11-23(17)2/h4,6,8-10,12-13,17H,3,5,7,11,14H2,1-2H3,(H,25,26). The lowest BCUT2D eigenvalue weighted by Gasteiger charge is -2.28. The third-order valence-corrected chi connectivity index (χ3v) is 5.00. The molecule has 0 radical (unpaired) electrons. The molecule has 3 rings (SSSR count). The summed E-state index contributed by atoms with van der Waals surface area (Å²) in [4.78, 5) is 15.5. The first-order valence-electron chi connectivity index (χ1n) is 9.23. The summed E-state index contributed by atoms with van der Waals surface area (Å²) >= 11 is 0. The molecule has 2 aromatic carbocycles. The fourth-order valence-electron chi connectivity index (χ4n) is 3.60. The minimum Gasteiger partial charge on any atom is -0.494 e. The molecule has 0 aromatic heterocycles. The Morgan fingerprint density at radius 3 is 2.81 bits per heavy atom. The van der Waals surface area contributed by atoms with Crippen LogP contribution in [0.25, 0.3) is 11.1 Å². The van der Waals surface area contributed by atoms with Crippen LogP contribution in [0.1, 0.15) is 19.8 Å². The average molecular weight is 372 g/mol. The van der Waals surface area contributed by atoms with E-state index in [4.69, 9.17) is 4.74 Å². The van der Waals surface area contributed by atoms with Gasteiger partial charge in [-0.3, -0.25) is 4.90 Å². The highest BCUT2D eigenvalue weighted by Gasteiger charge is 2.28. The van der Waals surface area contributed by atoms with Gasteiger partial charge in [-0.15, -0.1) is 0 Å². The van der Waals surface area contributed by atoms with E-state index in [1.165, 1.54) is 17.0 Å². The third kappa shape index (κ3) is 4.39. The van der Waals surface area contributed by atoms with Gasteiger partial charge in [-0.1, -0.05) is 12.1 Å². The van der Waals surface area contributed by atoms with Crippen molar-refractivity contribution in [2.45, 2.75) is 25.8 Å². The van der Waals surface area contributed by atoms with Gasteiger partial charge >= 0.3 is 6.09 Å². The van der Waals surface area contributed by atoms with Crippen molar-refractivity contribution in [2.24, 2.45) is 0 Å². The summed E-state index contributed by atoms with van der Waals surface area (Å²) in [6.07, 6.45) is 0.974. The summed E-state index contributed by atoms with van der Waals surface area (Å²) in [6, 6.07) is 11.7. The number of carbonyl (C=O) groups is 1. The molecule has 0 bridgehead atoms. The van der Waals surface area contributed by atoms with Crippen molar-refractivity contribution >= 4 is 11.8 Å². The lowest BCUT2D eigenvalue weighted by molar-refractivity contribution is 0.198. The highest BCUT2D eigenvalue weighted by atomic mass is 19.1. The summed E-state index contributed by atoms with van der Waals surface area (Å²) in [7, 11) is 2.01. The number of benzene rings is 2. The second-order valence-electron chi connectivity index (χ2n) is 6.79. The van der Waals surface area contributed by atoms with E-state index >= 15 is 0 Å². The first-order valence-corrected chi connectivity index (χ1v) is 9.23. The van der Waals surface area contributed by atoms with Crippen molar-refractivity contribution < 1.29 is 19.0 Å². The minimum atomic E-state index is -1.04. The van der Waals surface area contributed by atoms with E-state index in [0.717, 1.165) is 24.9 Å². The summed E-state index contributed by atoms with van der Waals surface area (Å²) < 4.78 is 19.5. The number of likely N-dealkylation sites (tertiary alicyclic amines) is 1. The average Bonchev–Trinajstić information content (AvgIpc) is 3.05. The van der Waals surface area contributed by atoms with Gasteiger partial charge in [-0.25, -0.2) is 9.18 Å². The van der Waals surface area contributed by atoms with E-state index in [1.807, 2.05) is 38.2 Å². The van der Waals surface area contributed by atoms with Gasteiger partial charge in [0.05, 0.1) is 12.3 Å². The highest BCUT2D eigenvalue weighted by molar-refractivity contribution is 5.93. The predicted octanol–water partition coefficient (Wildman–Crippen LogP) is 4.47. The molecule has 1 saturated heterocycles. The van der Waals surface area contributed by atoms with Gasteiger partial charge < -0.3 is 14.7 Å². The summed E-state index contributed by atoms with van der Waals surface area (Å²) in [5.74, 6) is 0.265. The van der Waals surface area contributed by atoms with Crippen molar-refractivity contribution in [1.29, 1.82) is 0 Å². The first-order chi connectivity index (χ1) is 13.0. The zero-order chi connectivity index (χ0) is 19.4. The molecule has 0 saturated carbocycles. The van der Waals surface area contributed by atoms with Crippen molar-refractivity contribution in [1.82, 2.24) is 4.90 Å². The van der Waals surface area contributed by atoms with Gasteiger partial charge in [0, 0.05) is 18.2 Å². The van der Waals surface area contributed by atoms with Crippen LogP contribution >= 0.6 is 0 Å². The van der Waals surface area contributed by atoms with Crippen LogP contribution in [-0.4, -0.2) is 48.9 Å². The lowest BCUT2D eigenvalue weighted by Crippen LogP contribution is -2.41. The van der Waals surface area contributed by atoms with Crippen molar-refractivity contribution in [3.8, 4) is 16.9 Å². The Balaban J connectivity index is 2.01. The molecule has 1 aliphatic heterocycles. The Morgan fingerprint density at radius 1 is 1.33 bits per heavy atom. The molecule has 0 aliphatic carbocycles. The summed E-state index contributed by atoms with van der Waals surface area (Å²) in [5, 5.41) is 9.84. The molecule has 1 atom stereocenters. The molecule has 27 heavy (non-hydrogen) atoms. The van der Waals surface area contributed by atoms with Crippen LogP contribution in [0.5, 0.6) is 5.75 Å². The monoisotopic (exact) mass is 372 g/mol. The Morgan fingerprint density at radius 2 is 2.15 bits per heavy atom. The van der Waals surface area contributed by atoms with E-state index in [2.05, 4.69) is 4.90 Å². The molecule has 5 nitrogen and oxygen atoms in total. The molecule has 1 unspecified atom stereocenters. The van der Waals surface area contributed by atoms with Gasteiger partial charge in [0.2, 0.25) is 0 Å². The summed E-state index contributed by atoms with van der Waals surface area (Å²) in [5.41, 5.74) is 1.75. The highest BCUT2D eigenvalue weighted by Crippen LogP contribution is 2.34. The van der Waals surface area contributed by atoms with Crippen molar-refractivity contribution in [2.75, 3.05) is 31.6 Å². The Hall–Kier alpha value is -2.60. The third-order valence-electron chi connectivity index (χ3n) is 5.00. The quantitative estimate of drug-likeness (QED) is 0.813. The molecule has 1 N–H and O–H groups in total. The van der Waals surface area contributed by atoms with Crippen LogP contribution in [-0.2, 0) is 0 Å². The van der Waals surface area contributed by atoms with Crippen molar-refractivity contribution in [3.05, 3.63) is 48.3 Å². The number of ether oxygens (including phenoxy) is 1. The molecule has 2 aromatic rings. The molecule has 6 heteroatoms. The maximum absolute atomic E-state index is 14.0. The van der Waals surface area contributed by atoms with Gasteiger partial charge in [0.15, 0.2) is 0 Å². The fourth-order valence-corrected chi connectivity index (χ4v) is 3.60. The molecule has 0 spiro atoms. The van der Waals surface area contributed by atoms with Crippen LogP contribution in [0.15, 0.2) is 42.5 Å². The molecule has 1 amide bonds. The zero-order valence-electron chi connectivity index (χ0n) is 15.7. The van der Waals surface area contributed by atoms with Crippen LogP contribution in [0, 0.1) is 5.82 Å². The molecule has 1 heterocycles. The number of amides is 1. The molecular formula is C21H25FN2O3. The van der Waals surface area contributed by atoms with Gasteiger partial charge in [0.1, 0.15) is 11.6 Å². The second-order valence-corrected chi connectivity index (χ2v) is 6.79. The van der Waals surface area contributed by atoms with Gasteiger partial charge in [-0.2, -0.15) is 0 Å². The number of carboxylic acid groups (broad SMARTS) is 1. The van der Waals surface area contributed by atoms with E-state index < -0.39 is 11.9 Å². The van der Waals surface area contributed by atoms with E-state index in [9.17, 15) is 14.3 Å². The van der Waals surface area contributed by atoms with E-state index in [0.29, 0.717) is 30.2 Å². The normalized spacial score (nSPS) is 17.1. The maximum Gasteiger partial charge on any atom is 0.411 e. The van der Waals surface area contributed by atoms with Crippen LogP contribution in [0.4, 0.5) is 14.9 Å². The zero-order valence-corrected chi connectivity index (χ0v) is 15.7. The SMILES string of the molecule is CCOc1cccc(-c2cc(F)ccc2N(CC2CCCN2C)C(=O)O)c1. The molecule has 1 fully saturated rings. The van der Waals surface area contributed by atoms with E-state index in [1.54, 1.807) is 6.07 Å². The number of rotatable bonds is 6. The van der Waals surface area contributed by atoms with Gasteiger partial charge in [0.25, 0.3) is 0 Å². The number of hydrogen-bond acceptors (Lipinski definition) is 3. The molecule has 1 aliphatic rings. The van der Waals surface area contributed by atoms with Crippen LogP contribution < -0.4 is 9.64 Å².